The van der Waals surface area contributed by atoms with Crippen LogP contribution in [0.4, 0.5) is 0 Å². The summed E-state index contributed by atoms with van der Waals surface area (Å²) in [6.07, 6.45) is 4.98. The molecule has 1 aliphatic rings. The monoisotopic (exact) mass is 405 g/mol. The number of hydrogen-bond acceptors (Lipinski definition) is 3. The minimum atomic E-state index is 0.206. The second-order valence-corrected chi connectivity index (χ2v) is 6.84. The van der Waals surface area contributed by atoms with Crippen molar-refractivity contribution < 1.29 is 9.47 Å². The Labute approximate surface area is 137 Å². The van der Waals surface area contributed by atoms with Gasteiger partial charge in [0.25, 0.3) is 0 Å². The summed E-state index contributed by atoms with van der Waals surface area (Å²) >= 11 is 7.05. The van der Waals surface area contributed by atoms with Gasteiger partial charge in [0.15, 0.2) is 0 Å². The Bertz CT molecular complexity index is 450. The van der Waals surface area contributed by atoms with Crippen LogP contribution >= 0.6 is 31.9 Å². The molecule has 5 heteroatoms. The molecular weight excluding hydrogens is 386 g/mol. The Kier molecular flexibility index (Phi) is 6.18. The highest BCUT2D eigenvalue weighted by Crippen LogP contribution is 2.36. The van der Waals surface area contributed by atoms with E-state index >= 15 is 0 Å². The number of rotatable bonds is 8. The van der Waals surface area contributed by atoms with Gasteiger partial charge in [0.05, 0.1) is 16.1 Å². The number of methoxy groups -OCH3 is 1. The van der Waals surface area contributed by atoms with Crippen LogP contribution in [0.5, 0.6) is 11.5 Å². The fraction of sp³-hybridized carbons (Fsp3) is 0.600. The van der Waals surface area contributed by atoms with Crippen LogP contribution in [-0.4, -0.2) is 25.8 Å². The molecule has 1 saturated carbocycles. The van der Waals surface area contributed by atoms with Crippen molar-refractivity contribution in [1.29, 1.82) is 0 Å². The minimum Gasteiger partial charge on any atom is -0.496 e. The number of nitrogens with one attached hydrogen (secondary N) is 1. The van der Waals surface area contributed by atoms with Crippen LogP contribution in [0.25, 0.3) is 0 Å². The van der Waals surface area contributed by atoms with Crippen molar-refractivity contribution in [3.63, 3.8) is 0 Å². The summed E-state index contributed by atoms with van der Waals surface area (Å²) in [4.78, 5) is 0. The summed E-state index contributed by atoms with van der Waals surface area (Å²) in [6.45, 7) is 3.10. The molecule has 0 aromatic heterocycles. The van der Waals surface area contributed by atoms with Crippen LogP contribution < -0.4 is 14.8 Å². The zero-order chi connectivity index (χ0) is 14.5. The van der Waals surface area contributed by atoms with Crippen LogP contribution in [0, 0.1) is 0 Å². The highest BCUT2D eigenvalue weighted by Gasteiger charge is 2.22. The van der Waals surface area contributed by atoms with Gasteiger partial charge in [-0.15, -0.1) is 0 Å². The lowest BCUT2D eigenvalue weighted by Crippen LogP contribution is -2.32. The fourth-order valence-corrected chi connectivity index (χ4v) is 2.95. The van der Waals surface area contributed by atoms with Gasteiger partial charge in [0.1, 0.15) is 17.6 Å². The molecule has 0 saturated heterocycles. The first kappa shape index (κ1) is 16.1. The van der Waals surface area contributed by atoms with E-state index in [0.717, 1.165) is 39.8 Å². The molecule has 0 aliphatic heterocycles. The lowest BCUT2D eigenvalue weighted by atomic mass is 10.2. The normalized spacial score (nSPS) is 16.0. The van der Waals surface area contributed by atoms with Gasteiger partial charge in [-0.25, -0.2) is 0 Å². The number of benzene rings is 1. The first-order valence-corrected chi connectivity index (χ1v) is 8.65. The van der Waals surface area contributed by atoms with Crippen LogP contribution in [0.2, 0.25) is 0 Å². The van der Waals surface area contributed by atoms with Crippen molar-refractivity contribution in [3.05, 3.63) is 21.1 Å². The van der Waals surface area contributed by atoms with Gasteiger partial charge in [0, 0.05) is 12.6 Å². The molecule has 3 nitrogen and oxygen atoms in total. The number of hydrogen-bond donors (Lipinski definition) is 1. The van der Waals surface area contributed by atoms with E-state index in [0.29, 0.717) is 6.04 Å². The van der Waals surface area contributed by atoms with Crippen LogP contribution in [0.15, 0.2) is 21.1 Å². The molecule has 0 heterocycles. The molecule has 0 spiro atoms. The second kappa shape index (κ2) is 7.66. The molecule has 20 heavy (non-hydrogen) atoms. The van der Waals surface area contributed by atoms with E-state index in [-0.39, 0.29) is 6.10 Å². The predicted molar refractivity (Wildman–Crippen MR) is 88.7 cm³/mol. The summed E-state index contributed by atoms with van der Waals surface area (Å²) in [7, 11) is 1.66. The molecule has 1 aromatic carbocycles. The molecule has 2 rings (SSSR count). The Morgan fingerprint density at radius 3 is 2.50 bits per heavy atom. The Morgan fingerprint density at radius 1 is 1.25 bits per heavy atom. The van der Waals surface area contributed by atoms with Gasteiger partial charge < -0.3 is 14.8 Å². The molecule has 1 aromatic rings. The first-order chi connectivity index (χ1) is 9.63. The SMILES string of the molecule is CCCC(CNC1CC1)Oc1cc(Br)c(OC)cc1Br. The van der Waals surface area contributed by atoms with Crippen molar-refractivity contribution in [1.82, 2.24) is 5.32 Å². The largest absolute Gasteiger partial charge is 0.496 e. The number of ether oxygens (including phenoxy) is 2. The van der Waals surface area contributed by atoms with Crippen molar-refractivity contribution in [2.45, 2.75) is 44.8 Å². The van der Waals surface area contributed by atoms with Crippen molar-refractivity contribution >= 4 is 31.9 Å². The average molecular weight is 407 g/mol. The zero-order valence-corrected chi connectivity index (χ0v) is 15.1. The minimum absolute atomic E-state index is 0.206. The van der Waals surface area contributed by atoms with Crippen LogP contribution in [-0.2, 0) is 0 Å². The smallest absolute Gasteiger partial charge is 0.135 e. The van der Waals surface area contributed by atoms with Gasteiger partial charge in [-0.1, -0.05) is 13.3 Å². The average Bonchev–Trinajstić information content (AvgIpc) is 3.24. The molecule has 0 radical (unpaired) electrons. The quantitative estimate of drug-likeness (QED) is 0.688. The molecule has 112 valence electrons. The van der Waals surface area contributed by atoms with Gasteiger partial charge >= 0.3 is 0 Å². The Morgan fingerprint density at radius 2 is 1.90 bits per heavy atom. The van der Waals surface area contributed by atoms with E-state index < -0.39 is 0 Å². The molecule has 1 N–H and O–H groups in total. The molecule has 1 fully saturated rings. The summed E-state index contributed by atoms with van der Waals surface area (Å²) in [5, 5.41) is 3.54. The predicted octanol–water partition coefficient (Wildman–Crippen LogP) is 4.52. The third-order valence-electron chi connectivity index (χ3n) is 3.32. The highest BCUT2D eigenvalue weighted by atomic mass is 79.9. The van der Waals surface area contributed by atoms with E-state index in [1.807, 2.05) is 12.1 Å². The fourth-order valence-electron chi connectivity index (χ4n) is 2.05. The lowest BCUT2D eigenvalue weighted by molar-refractivity contribution is 0.184. The first-order valence-electron chi connectivity index (χ1n) is 7.07. The van der Waals surface area contributed by atoms with E-state index in [1.54, 1.807) is 7.11 Å². The molecule has 0 amide bonds. The van der Waals surface area contributed by atoms with E-state index in [2.05, 4.69) is 44.1 Å². The lowest BCUT2D eigenvalue weighted by Gasteiger charge is -2.20. The van der Waals surface area contributed by atoms with Crippen molar-refractivity contribution in [2.75, 3.05) is 13.7 Å². The number of halogens is 2. The summed E-state index contributed by atoms with van der Waals surface area (Å²) < 4.78 is 13.3. The summed E-state index contributed by atoms with van der Waals surface area (Å²) in [5.41, 5.74) is 0. The third-order valence-corrected chi connectivity index (χ3v) is 4.56. The molecule has 0 bridgehead atoms. The van der Waals surface area contributed by atoms with Crippen LogP contribution in [0.1, 0.15) is 32.6 Å². The maximum absolute atomic E-state index is 6.15. The van der Waals surface area contributed by atoms with Crippen molar-refractivity contribution in [3.8, 4) is 11.5 Å². The van der Waals surface area contributed by atoms with Gasteiger partial charge in [-0.3, -0.25) is 0 Å². The summed E-state index contributed by atoms with van der Waals surface area (Å²) in [6, 6.07) is 4.60. The van der Waals surface area contributed by atoms with Crippen LogP contribution in [0.3, 0.4) is 0 Å². The maximum atomic E-state index is 6.15. The van der Waals surface area contributed by atoms with Gasteiger partial charge in [-0.2, -0.15) is 0 Å². The second-order valence-electron chi connectivity index (χ2n) is 5.13. The highest BCUT2D eigenvalue weighted by molar-refractivity contribution is 9.11. The Balaban J connectivity index is 2.02. The van der Waals surface area contributed by atoms with Gasteiger partial charge in [0.2, 0.25) is 0 Å². The molecule has 1 atom stereocenters. The van der Waals surface area contributed by atoms with E-state index in [4.69, 9.17) is 9.47 Å². The summed E-state index contributed by atoms with van der Waals surface area (Å²) in [5.74, 6) is 1.65. The van der Waals surface area contributed by atoms with E-state index in [1.165, 1.54) is 12.8 Å². The molecule has 1 unspecified atom stereocenters. The maximum Gasteiger partial charge on any atom is 0.135 e. The van der Waals surface area contributed by atoms with Gasteiger partial charge in [-0.05, 0) is 63.3 Å². The molecule has 1 aliphatic carbocycles. The third kappa shape index (κ3) is 4.64. The molecular formula is C15H21Br2NO2. The zero-order valence-electron chi connectivity index (χ0n) is 11.9. The van der Waals surface area contributed by atoms with E-state index in [9.17, 15) is 0 Å². The standard InChI is InChI=1S/C15H21Br2NO2/c1-3-4-11(9-18-10-5-6-10)20-15-8-12(16)14(19-2)7-13(15)17/h7-8,10-11,18H,3-6,9H2,1-2H3. The topological polar surface area (TPSA) is 30.5 Å². The Hall–Kier alpha value is -0.260. The van der Waals surface area contributed by atoms with Crippen molar-refractivity contribution in [2.24, 2.45) is 0 Å².